The fourth-order valence-corrected chi connectivity index (χ4v) is 1.44. The van der Waals surface area contributed by atoms with E-state index in [1.807, 2.05) is 36.4 Å². The van der Waals surface area contributed by atoms with Gasteiger partial charge in [0.05, 0.1) is 0 Å². The fourth-order valence-electron chi connectivity index (χ4n) is 1.44. The van der Waals surface area contributed by atoms with E-state index in [0.717, 1.165) is 11.1 Å². The minimum absolute atomic E-state index is 0.397. The van der Waals surface area contributed by atoms with Crippen LogP contribution in [0.15, 0.2) is 42.6 Å². The van der Waals surface area contributed by atoms with Crippen molar-refractivity contribution in [3.63, 3.8) is 0 Å². The van der Waals surface area contributed by atoms with Crippen LogP contribution in [0.5, 0.6) is 0 Å². The highest BCUT2D eigenvalue weighted by molar-refractivity contribution is 5.66. The standard InChI is InChI=1S/C12H10FN/c1-9-11(7-8-14-12(9)13)10-5-3-2-4-6-10/h2-8H,1H3. The van der Waals surface area contributed by atoms with Gasteiger partial charge >= 0.3 is 0 Å². The second-order valence-corrected chi connectivity index (χ2v) is 3.14. The Morgan fingerprint density at radius 2 is 1.79 bits per heavy atom. The van der Waals surface area contributed by atoms with Gasteiger partial charge in [0.2, 0.25) is 5.95 Å². The van der Waals surface area contributed by atoms with Crippen LogP contribution in [0.4, 0.5) is 4.39 Å². The van der Waals surface area contributed by atoms with Crippen molar-refractivity contribution in [2.45, 2.75) is 6.92 Å². The van der Waals surface area contributed by atoms with Crippen LogP contribution in [0, 0.1) is 12.9 Å². The third-order valence-corrected chi connectivity index (χ3v) is 2.23. The summed E-state index contributed by atoms with van der Waals surface area (Å²) in [7, 11) is 0. The lowest BCUT2D eigenvalue weighted by molar-refractivity contribution is 0.575. The molecule has 0 N–H and O–H groups in total. The van der Waals surface area contributed by atoms with Crippen LogP contribution in [-0.2, 0) is 0 Å². The second-order valence-electron chi connectivity index (χ2n) is 3.14. The van der Waals surface area contributed by atoms with Crippen molar-refractivity contribution < 1.29 is 4.39 Å². The van der Waals surface area contributed by atoms with Crippen molar-refractivity contribution in [3.8, 4) is 11.1 Å². The Morgan fingerprint density at radius 1 is 1.07 bits per heavy atom. The SMILES string of the molecule is Cc1c(-c2ccccc2)ccnc1F. The average Bonchev–Trinajstić information content (AvgIpc) is 2.23. The number of halogens is 1. The van der Waals surface area contributed by atoms with Crippen LogP contribution >= 0.6 is 0 Å². The molecule has 0 aliphatic rings. The fraction of sp³-hybridized carbons (Fsp3) is 0.0833. The number of hydrogen-bond acceptors (Lipinski definition) is 1. The molecule has 0 aliphatic carbocycles. The molecule has 1 aromatic heterocycles. The lowest BCUT2D eigenvalue weighted by Crippen LogP contribution is -1.90. The van der Waals surface area contributed by atoms with Crippen LogP contribution in [0.1, 0.15) is 5.56 Å². The molecule has 0 saturated heterocycles. The Morgan fingerprint density at radius 3 is 2.50 bits per heavy atom. The van der Waals surface area contributed by atoms with Crippen molar-refractivity contribution in [3.05, 3.63) is 54.1 Å². The highest BCUT2D eigenvalue weighted by Gasteiger charge is 2.05. The smallest absolute Gasteiger partial charge is 0.216 e. The first-order valence-corrected chi connectivity index (χ1v) is 4.45. The maximum Gasteiger partial charge on any atom is 0.216 e. The van der Waals surface area contributed by atoms with Crippen LogP contribution < -0.4 is 0 Å². The Hall–Kier alpha value is -1.70. The third kappa shape index (κ3) is 1.51. The predicted molar refractivity (Wildman–Crippen MR) is 54.4 cm³/mol. The van der Waals surface area contributed by atoms with E-state index in [1.54, 1.807) is 6.92 Å². The summed E-state index contributed by atoms with van der Waals surface area (Å²) < 4.78 is 13.2. The number of aromatic nitrogens is 1. The quantitative estimate of drug-likeness (QED) is 0.625. The number of benzene rings is 1. The van der Waals surface area contributed by atoms with Crippen LogP contribution in [0.2, 0.25) is 0 Å². The zero-order valence-electron chi connectivity index (χ0n) is 7.87. The number of nitrogens with zero attached hydrogens (tertiary/aromatic N) is 1. The molecule has 0 radical (unpaired) electrons. The summed E-state index contributed by atoms with van der Waals surface area (Å²) in [5.41, 5.74) is 2.52. The van der Waals surface area contributed by atoms with Crippen molar-refractivity contribution in [2.75, 3.05) is 0 Å². The summed E-state index contributed by atoms with van der Waals surface area (Å²) in [5.74, 6) is -0.397. The van der Waals surface area contributed by atoms with E-state index >= 15 is 0 Å². The van der Waals surface area contributed by atoms with Gasteiger partial charge in [0.25, 0.3) is 0 Å². The summed E-state index contributed by atoms with van der Waals surface area (Å²) in [4.78, 5) is 3.60. The minimum Gasteiger partial charge on any atom is -0.228 e. The van der Waals surface area contributed by atoms with Crippen LogP contribution in [0.25, 0.3) is 11.1 Å². The number of pyridine rings is 1. The molecule has 2 rings (SSSR count). The molecular weight excluding hydrogens is 177 g/mol. The highest BCUT2D eigenvalue weighted by atomic mass is 19.1. The molecule has 1 aromatic carbocycles. The van der Waals surface area contributed by atoms with E-state index in [4.69, 9.17) is 0 Å². The van der Waals surface area contributed by atoms with Gasteiger partial charge in [0.1, 0.15) is 0 Å². The third-order valence-electron chi connectivity index (χ3n) is 2.23. The zero-order valence-corrected chi connectivity index (χ0v) is 7.87. The monoisotopic (exact) mass is 187 g/mol. The Labute approximate surface area is 82.2 Å². The molecule has 2 heteroatoms. The molecule has 0 fully saturated rings. The van der Waals surface area contributed by atoms with E-state index in [9.17, 15) is 4.39 Å². The largest absolute Gasteiger partial charge is 0.228 e. The van der Waals surface area contributed by atoms with Gasteiger partial charge in [0.15, 0.2) is 0 Å². The Balaban J connectivity index is 2.58. The summed E-state index contributed by atoms with van der Waals surface area (Å²) in [6.45, 7) is 1.74. The molecule has 0 saturated carbocycles. The predicted octanol–water partition coefficient (Wildman–Crippen LogP) is 3.20. The summed E-state index contributed by atoms with van der Waals surface area (Å²) in [5, 5.41) is 0. The van der Waals surface area contributed by atoms with Gasteiger partial charge in [-0.15, -0.1) is 0 Å². The normalized spacial score (nSPS) is 10.1. The van der Waals surface area contributed by atoms with E-state index in [1.165, 1.54) is 6.20 Å². The van der Waals surface area contributed by atoms with Crippen molar-refractivity contribution in [1.29, 1.82) is 0 Å². The summed E-state index contributed by atoms with van der Waals surface area (Å²) in [6.07, 6.45) is 1.49. The van der Waals surface area contributed by atoms with E-state index in [0.29, 0.717) is 5.56 Å². The van der Waals surface area contributed by atoms with Gasteiger partial charge in [-0.3, -0.25) is 0 Å². The van der Waals surface area contributed by atoms with Gasteiger partial charge in [-0.05, 0) is 24.1 Å². The van der Waals surface area contributed by atoms with Gasteiger partial charge in [-0.25, -0.2) is 4.98 Å². The summed E-state index contributed by atoms with van der Waals surface area (Å²) >= 11 is 0. The molecule has 0 aliphatic heterocycles. The first-order valence-electron chi connectivity index (χ1n) is 4.45. The molecule has 1 nitrogen and oxygen atoms in total. The Kier molecular flexibility index (Phi) is 2.27. The lowest BCUT2D eigenvalue weighted by Gasteiger charge is -2.05. The molecule has 0 amide bonds. The van der Waals surface area contributed by atoms with Gasteiger partial charge < -0.3 is 0 Å². The van der Waals surface area contributed by atoms with E-state index in [2.05, 4.69) is 4.98 Å². The topological polar surface area (TPSA) is 12.9 Å². The average molecular weight is 187 g/mol. The lowest BCUT2D eigenvalue weighted by atomic mass is 10.0. The van der Waals surface area contributed by atoms with Crippen molar-refractivity contribution in [1.82, 2.24) is 4.98 Å². The van der Waals surface area contributed by atoms with Crippen molar-refractivity contribution >= 4 is 0 Å². The minimum atomic E-state index is -0.397. The first kappa shape index (κ1) is 8.88. The van der Waals surface area contributed by atoms with Crippen LogP contribution in [0.3, 0.4) is 0 Å². The molecule has 0 bridgehead atoms. The van der Waals surface area contributed by atoms with Gasteiger partial charge in [-0.2, -0.15) is 4.39 Å². The van der Waals surface area contributed by atoms with E-state index < -0.39 is 5.95 Å². The molecule has 0 atom stereocenters. The van der Waals surface area contributed by atoms with Gasteiger partial charge in [-0.1, -0.05) is 30.3 Å². The number of rotatable bonds is 1. The molecule has 1 heterocycles. The van der Waals surface area contributed by atoms with E-state index in [-0.39, 0.29) is 0 Å². The highest BCUT2D eigenvalue weighted by Crippen LogP contribution is 2.23. The second kappa shape index (κ2) is 3.58. The van der Waals surface area contributed by atoms with Gasteiger partial charge in [0, 0.05) is 11.8 Å². The molecule has 0 unspecified atom stereocenters. The van der Waals surface area contributed by atoms with Crippen LogP contribution in [-0.4, -0.2) is 4.98 Å². The zero-order chi connectivity index (χ0) is 9.97. The first-order chi connectivity index (χ1) is 6.79. The number of hydrogen-bond donors (Lipinski definition) is 0. The molecule has 2 aromatic rings. The Bertz CT molecular complexity index is 437. The molecule has 0 spiro atoms. The summed E-state index contributed by atoms with van der Waals surface area (Å²) in [6, 6.07) is 11.6. The van der Waals surface area contributed by atoms with Crippen molar-refractivity contribution in [2.24, 2.45) is 0 Å². The maximum atomic E-state index is 13.2. The molecule has 14 heavy (non-hydrogen) atoms. The molecular formula is C12H10FN. The molecule has 70 valence electrons. The maximum absolute atomic E-state index is 13.2.